The number of para-hydroxylation sites is 1. The van der Waals surface area contributed by atoms with Crippen LogP contribution in [0.5, 0.6) is 5.75 Å². The van der Waals surface area contributed by atoms with Crippen LogP contribution < -0.4 is 15.4 Å². The van der Waals surface area contributed by atoms with Crippen molar-refractivity contribution in [1.29, 1.82) is 0 Å². The third-order valence-corrected chi connectivity index (χ3v) is 6.49. The zero-order valence-corrected chi connectivity index (χ0v) is 18.1. The summed E-state index contributed by atoms with van der Waals surface area (Å²) in [5.74, 6) is -0.688. The number of amides is 2. The molecule has 6 nitrogen and oxygen atoms in total. The molecule has 0 aliphatic heterocycles. The van der Waals surface area contributed by atoms with Crippen LogP contribution in [0.1, 0.15) is 12.8 Å². The van der Waals surface area contributed by atoms with E-state index in [1.807, 2.05) is 30.3 Å². The number of nitrogens with one attached hydrogen (secondary N) is 2. The molecular formula is C22H20FN3O3S2. The van der Waals surface area contributed by atoms with Gasteiger partial charge in [0, 0.05) is 11.6 Å². The standard InChI is InChI=1S/C22H20FN3O3S2/c23-16-8-4-5-9-17(16)29-12-18(27)25-21-20(14-6-2-1-3-7-14)26-22(31-21)30-13-19(28)24-15-10-11-15/h1-9,15H,10-13H2,(H,24,28)(H,25,27). The van der Waals surface area contributed by atoms with Gasteiger partial charge in [-0.1, -0.05) is 65.6 Å². The molecule has 9 heteroatoms. The van der Waals surface area contributed by atoms with Crippen LogP contribution >= 0.6 is 23.1 Å². The van der Waals surface area contributed by atoms with E-state index in [0.717, 1.165) is 18.4 Å². The van der Waals surface area contributed by atoms with E-state index < -0.39 is 11.7 Å². The summed E-state index contributed by atoms with van der Waals surface area (Å²) in [6.45, 7) is -0.334. The molecule has 1 fully saturated rings. The molecule has 0 unspecified atom stereocenters. The molecule has 2 aromatic carbocycles. The van der Waals surface area contributed by atoms with Crippen molar-refractivity contribution >= 4 is 39.9 Å². The second-order valence-corrected chi connectivity index (χ2v) is 9.14. The molecule has 0 radical (unpaired) electrons. The fourth-order valence-electron chi connectivity index (χ4n) is 2.73. The maximum atomic E-state index is 13.7. The smallest absolute Gasteiger partial charge is 0.262 e. The molecule has 1 heterocycles. The Labute approximate surface area is 187 Å². The molecule has 1 aromatic heterocycles. The first-order valence-corrected chi connectivity index (χ1v) is 11.5. The van der Waals surface area contributed by atoms with Gasteiger partial charge in [0.05, 0.1) is 5.75 Å². The first-order valence-electron chi connectivity index (χ1n) is 9.74. The average Bonchev–Trinajstić information content (AvgIpc) is 3.50. The number of carbonyl (C=O) groups excluding carboxylic acids is 2. The summed E-state index contributed by atoms with van der Waals surface area (Å²) < 4.78 is 19.6. The lowest BCUT2D eigenvalue weighted by molar-refractivity contribution is -0.119. The van der Waals surface area contributed by atoms with Crippen LogP contribution in [0.25, 0.3) is 11.3 Å². The second-order valence-electron chi connectivity index (χ2n) is 6.92. The molecule has 1 saturated carbocycles. The molecule has 2 N–H and O–H groups in total. The van der Waals surface area contributed by atoms with E-state index in [1.54, 1.807) is 12.1 Å². The predicted molar refractivity (Wildman–Crippen MR) is 120 cm³/mol. The Morgan fingerprint density at radius 2 is 1.84 bits per heavy atom. The van der Waals surface area contributed by atoms with Crippen LogP contribution in [0.4, 0.5) is 9.39 Å². The predicted octanol–water partition coefficient (Wildman–Crippen LogP) is 4.34. The number of rotatable bonds is 9. The van der Waals surface area contributed by atoms with Gasteiger partial charge in [-0.2, -0.15) is 0 Å². The fraction of sp³-hybridized carbons (Fsp3) is 0.227. The van der Waals surface area contributed by atoms with Crippen LogP contribution in [0.2, 0.25) is 0 Å². The molecule has 4 rings (SSSR count). The summed E-state index contributed by atoms with van der Waals surface area (Å²) in [6.07, 6.45) is 2.08. The number of nitrogens with zero attached hydrogens (tertiary/aromatic N) is 1. The number of thioether (sulfide) groups is 1. The Bertz CT molecular complexity index is 1070. The number of ether oxygens (including phenoxy) is 1. The summed E-state index contributed by atoms with van der Waals surface area (Å²) in [6, 6.07) is 15.7. The molecular weight excluding hydrogens is 437 g/mol. The van der Waals surface area contributed by atoms with Crippen molar-refractivity contribution in [3.05, 3.63) is 60.4 Å². The van der Waals surface area contributed by atoms with Gasteiger partial charge in [-0.15, -0.1) is 0 Å². The summed E-state index contributed by atoms with van der Waals surface area (Å²) in [5, 5.41) is 6.31. The number of carbonyl (C=O) groups is 2. The van der Waals surface area contributed by atoms with Crippen molar-refractivity contribution in [2.45, 2.75) is 23.2 Å². The van der Waals surface area contributed by atoms with Crippen molar-refractivity contribution in [3.63, 3.8) is 0 Å². The third kappa shape index (κ3) is 6.05. The van der Waals surface area contributed by atoms with Crippen LogP contribution in [-0.4, -0.2) is 35.2 Å². The number of hydrogen-bond acceptors (Lipinski definition) is 6. The van der Waals surface area contributed by atoms with E-state index in [2.05, 4.69) is 15.6 Å². The van der Waals surface area contributed by atoms with Gasteiger partial charge in [-0.3, -0.25) is 9.59 Å². The first-order chi connectivity index (χ1) is 15.1. The Morgan fingerprint density at radius 1 is 1.10 bits per heavy atom. The first kappa shape index (κ1) is 21.3. The summed E-state index contributed by atoms with van der Waals surface area (Å²) >= 11 is 2.62. The van der Waals surface area contributed by atoms with E-state index in [4.69, 9.17) is 4.74 Å². The van der Waals surface area contributed by atoms with Gasteiger partial charge in [0.25, 0.3) is 5.91 Å². The number of hydrogen-bond donors (Lipinski definition) is 2. The van der Waals surface area contributed by atoms with E-state index >= 15 is 0 Å². The molecule has 2 amide bonds. The number of halogens is 1. The van der Waals surface area contributed by atoms with Gasteiger partial charge < -0.3 is 15.4 Å². The molecule has 160 valence electrons. The zero-order valence-electron chi connectivity index (χ0n) is 16.5. The van der Waals surface area contributed by atoms with E-state index in [-0.39, 0.29) is 24.0 Å². The van der Waals surface area contributed by atoms with Gasteiger partial charge >= 0.3 is 0 Å². The summed E-state index contributed by atoms with van der Waals surface area (Å²) in [5.41, 5.74) is 1.47. The lowest BCUT2D eigenvalue weighted by atomic mass is 10.2. The number of benzene rings is 2. The molecule has 31 heavy (non-hydrogen) atoms. The van der Waals surface area contributed by atoms with Crippen molar-refractivity contribution < 1.29 is 18.7 Å². The molecule has 0 spiro atoms. The SMILES string of the molecule is O=C(COc1ccccc1F)Nc1sc(SCC(=O)NC2CC2)nc1-c1ccccc1. The van der Waals surface area contributed by atoms with E-state index in [1.165, 1.54) is 35.2 Å². The molecule has 0 bridgehead atoms. The molecule has 0 saturated heterocycles. The van der Waals surface area contributed by atoms with Gasteiger partial charge in [0.1, 0.15) is 10.7 Å². The van der Waals surface area contributed by atoms with Crippen molar-refractivity contribution in [2.75, 3.05) is 17.7 Å². The molecule has 1 aliphatic carbocycles. The number of anilines is 1. The van der Waals surface area contributed by atoms with Crippen LogP contribution in [0.15, 0.2) is 58.9 Å². The van der Waals surface area contributed by atoms with Gasteiger partial charge in [0.15, 0.2) is 22.5 Å². The molecule has 3 aromatic rings. The minimum Gasteiger partial charge on any atom is -0.481 e. The Kier molecular flexibility index (Phi) is 6.83. The maximum Gasteiger partial charge on any atom is 0.262 e. The molecule has 0 atom stereocenters. The maximum absolute atomic E-state index is 13.7. The highest BCUT2D eigenvalue weighted by molar-refractivity contribution is 8.01. The lowest BCUT2D eigenvalue weighted by Crippen LogP contribution is -2.26. The van der Waals surface area contributed by atoms with Gasteiger partial charge in [-0.05, 0) is 25.0 Å². The van der Waals surface area contributed by atoms with Crippen molar-refractivity contribution in [2.24, 2.45) is 0 Å². The highest BCUT2D eigenvalue weighted by Crippen LogP contribution is 2.37. The summed E-state index contributed by atoms with van der Waals surface area (Å²) in [7, 11) is 0. The highest BCUT2D eigenvalue weighted by Gasteiger charge is 2.23. The van der Waals surface area contributed by atoms with Crippen LogP contribution in [0, 0.1) is 5.82 Å². The van der Waals surface area contributed by atoms with E-state index in [0.29, 0.717) is 21.1 Å². The van der Waals surface area contributed by atoms with Crippen molar-refractivity contribution in [3.8, 4) is 17.0 Å². The average molecular weight is 458 g/mol. The quantitative estimate of drug-likeness (QED) is 0.468. The Balaban J connectivity index is 1.44. The Morgan fingerprint density at radius 3 is 2.58 bits per heavy atom. The Hall–Kier alpha value is -2.91. The van der Waals surface area contributed by atoms with Gasteiger partial charge in [-0.25, -0.2) is 9.37 Å². The van der Waals surface area contributed by atoms with Crippen molar-refractivity contribution in [1.82, 2.24) is 10.3 Å². The van der Waals surface area contributed by atoms with Crippen LogP contribution in [0.3, 0.4) is 0 Å². The minimum atomic E-state index is -0.527. The molecule has 1 aliphatic rings. The third-order valence-electron chi connectivity index (χ3n) is 4.37. The topological polar surface area (TPSA) is 80.3 Å². The fourth-order valence-corrected chi connectivity index (χ4v) is 4.62. The van der Waals surface area contributed by atoms with Gasteiger partial charge in [0.2, 0.25) is 5.91 Å². The zero-order chi connectivity index (χ0) is 21.6. The normalized spacial score (nSPS) is 12.9. The van der Waals surface area contributed by atoms with E-state index in [9.17, 15) is 14.0 Å². The largest absolute Gasteiger partial charge is 0.481 e. The highest BCUT2D eigenvalue weighted by atomic mass is 32.2. The number of thiazole rings is 1. The lowest BCUT2D eigenvalue weighted by Gasteiger charge is -2.08. The summed E-state index contributed by atoms with van der Waals surface area (Å²) in [4.78, 5) is 29.0. The number of aromatic nitrogens is 1. The second kappa shape index (κ2) is 9.93. The monoisotopic (exact) mass is 457 g/mol. The van der Waals surface area contributed by atoms with Crippen LogP contribution in [-0.2, 0) is 9.59 Å². The minimum absolute atomic E-state index is 0.0168.